The summed E-state index contributed by atoms with van der Waals surface area (Å²) >= 11 is 10.9. The molecule has 0 saturated heterocycles. The molecule has 12 heavy (non-hydrogen) atoms. The molecule has 0 spiro atoms. The van der Waals surface area contributed by atoms with E-state index in [1.807, 2.05) is 0 Å². The molecule has 2 nitrogen and oxygen atoms in total. The van der Waals surface area contributed by atoms with Gasteiger partial charge in [-0.05, 0) is 12.1 Å². The van der Waals surface area contributed by atoms with Crippen LogP contribution in [0.25, 0.3) is 0 Å². The van der Waals surface area contributed by atoms with Gasteiger partial charge in [-0.2, -0.15) is 0 Å². The molecule has 0 unspecified atom stereocenters. The Morgan fingerprint density at radius 2 is 1.83 bits per heavy atom. The summed E-state index contributed by atoms with van der Waals surface area (Å²) in [6.45, 7) is 0. The minimum Gasteiger partial charge on any atom is -0.222 e. The highest BCUT2D eigenvalue weighted by Gasteiger charge is 2.15. The first-order chi connectivity index (χ1) is 5.58. The van der Waals surface area contributed by atoms with E-state index in [-0.39, 0.29) is 9.92 Å². The number of rotatable bonds is 2. The first-order valence-corrected chi connectivity index (χ1v) is 5.67. The molecule has 66 valence electrons. The molecular weight excluding hydrogens is 219 g/mol. The van der Waals surface area contributed by atoms with Crippen LogP contribution >= 0.6 is 23.2 Å². The Morgan fingerprint density at radius 3 is 2.33 bits per heavy atom. The second-order valence-electron chi connectivity index (χ2n) is 2.15. The predicted octanol–water partition coefficient (Wildman–Crippen LogP) is 2.31. The number of hydrogen-bond donors (Lipinski definition) is 0. The first-order valence-electron chi connectivity index (χ1n) is 3.11. The van der Waals surface area contributed by atoms with E-state index in [0.29, 0.717) is 0 Å². The van der Waals surface area contributed by atoms with E-state index in [2.05, 4.69) is 0 Å². The van der Waals surface area contributed by atoms with Gasteiger partial charge in [0.1, 0.15) is 5.21 Å². The molecular formula is C7H6Cl2O2S. The Kier molecular flexibility index (Phi) is 2.99. The molecule has 1 aromatic carbocycles. The van der Waals surface area contributed by atoms with Gasteiger partial charge in [-0.15, -0.1) is 11.6 Å². The van der Waals surface area contributed by atoms with Gasteiger partial charge in [-0.25, -0.2) is 8.42 Å². The van der Waals surface area contributed by atoms with Crippen LogP contribution in [0.4, 0.5) is 0 Å². The van der Waals surface area contributed by atoms with Crippen LogP contribution < -0.4 is 0 Å². The lowest BCUT2D eigenvalue weighted by atomic mass is 10.4. The van der Waals surface area contributed by atoms with Crippen LogP contribution in [0.3, 0.4) is 0 Å². The highest BCUT2D eigenvalue weighted by molar-refractivity contribution is 7.92. The van der Waals surface area contributed by atoms with Gasteiger partial charge in [0.25, 0.3) is 0 Å². The number of benzene rings is 1. The zero-order valence-electron chi connectivity index (χ0n) is 6.00. The van der Waals surface area contributed by atoms with Crippen LogP contribution in [0.15, 0.2) is 29.2 Å². The predicted molar refractivity (Wildman–Crippen MR) is 49.4 cm³/mol. The van der Waals surface area contributed by atoms with Crippen molar-refractivity contribution in [3.05, 3.63) is 29.3 Å². The standard InChI is InChI=1S/C7H6Cl2O2S/c8-5-12(10,11)7-4-2-1-3-6(7)9/h1-4H,5H2. The Bertz CT molecular complexity index is 373. The summed E-state index contributed by atoms with van der Waals surface area (Å²) in [6.07, 6.45) is 0. The number of halogens is 2. The number of alkyl halides is 1. The molecule has 0 radical (unpaired) electrons. The summed E-state index contributed by atoms with van der Waals surface area (Å²) in [6, 6.07) is 6.21. The van der Waals surface area contributed by atoms with Crippen LogP contribution in [0.1, 0.15) is 0 Å². The topological polar surface area (TPSA) is 34.1 Å². The third-order valence-corrected chi connectivity index (χ3v) is 3.93. The minimum absolute atomic E-state index is 0.0849. The summed E-state index contributed by atoms with van der Waals surface area (Å²) in [7, 11) is -3.40. The van der Waals surface area contributed by atoms with Gasteiger partial charge in [0.15, 0.2) is 9.84 Å². The molecule has 0 saturated carbocycles. The maximum Gasteiger partial charge on any atom is 0.193 e. The van der Waals surface area contributed by atoms with Gasteiger partial charge in [-0.1, -0.05) is 23.7 Å². The summed E-state index contributed by atoms with van der Waals surface area (Å²) in [5.74, 6) is 0. The van der Waals surface area contributed by atoms with Gasteiger partial charge in [0.05, 0.1) is 9.92 Å². The van der Waals surface area contributed by atoms with E-state index in [1.165, 1.54) is 12.1 Å². The first kappa shape index (κ1) is 9.84. The Hall–Kier alpha value is -0.250. The van der Waals surface area contributed by atoms with Crippen LogP contribution in [0, 0.1) is 0 Å². The van der Waals surface area contributed by atoms with E-state index >= 15 is 0 Å². The molecule has 0 aliphatic rings. The molecule has 0 aromatic heterocycles. The smallest absolute Gasteiger partial charge is 0.193 e. The molecule has 0 atom stereocenters. The van der Waals surface area contributed by atoms with Crippen molar-refractivity contribution in [2.45, 2.75) is 4.90 Å². The highest BCUT2D eigenvalue weighted by Crippen LogP contribution is 2.21. The quantitative estimate of drug-likeness (QED) is 0.723. The minimum atomic E-state index is -3.40. The average molecular weight is 225 g/mol. The summed E-state index contributed by atoms with van der Waals surface area (Å²) in [5.41, 5.74) is 0. The number of hydrogen-bond acceptors (Lipinski definition) is 2. The van der Waals surface area contributed by atoms with Crippen LogP contribution in [-0.4, -0.2) is 13.6 Å². The third kappa shape index (κ3) is 1.91. The van der Waals surface area contributed by atoms with Gasteiger partial charge in [0, 0.05) is 0 Å². The fourth-order valence-corrected chi connectivity index (χ4v) is 2.37. The summed E-state index contributed by atoms with van der Waals surface area (Å²) < 4.78 is 22.4. The molecule has 0 N–H and O–H groups in total. The second-order valence-corrected chi connectivity index (χ2v) is 5.10. The van der Waals surface area contributed by atoms with Crippen molar-refractivity contribution in [3.8, 4) is 0 Å². The van der Waals surface area contributed by atoms with Crippen molar-refractivity contribution in [1.82, 2.24) is 0 Å². The fraction of sp³-hybridized carbons (Fsp3) is 0.143. The zero-order chi connectivity index (χ0) is 9.19. The second kappa shape index (κ2) is 3.64. The monoisotopic (exact) mass is 224 g/mol. The van der Waals surface area contributed by atoms with Gasteiger partial charge >= 0.3 is 0 Å². The Balaban J connectivity index is 3.30. The van der Waals surface area contributed by atoms with Crippen LogP contribution in [0.2, 0.25) is 5.02 Å². The normalized spacial score (nSPS) is 11.5. The number of sulfone groups is 1. The summed E-state index contributed by atoms with van der Waals surface area (Å²) in [4.78, 5) is 0.0849. The molecule has 0 aliphatic carbocycles. The Labute approximate surface area is 81.0 Å². The van der Waals surface area contributed by atoms with Crippen molar-refractivity contribution in [1.29, 1.82) is 0 Å². The average Bonchev–Trinajstić information content (AvgIpc) is 2.05. The van der Waals surface area contributed by atoms with Gasteiger partial charge in [0.2, 0.25) is 0 Å². The van der Waals surface area contributed by atoms with Crippen LogP contribution in [-0.2, 0) is 9.84 Å². The highest BCUT2D eigenvalue weighted by atomic mass is 35.5. The van der Waals surface area contributed by atoms with Crippen molar-refractivity contribution < 1.29 is 8.42 Å². The largest absolute Gasteiger partial charge is 0.222 e. The van der Waals surface area contributed by atoms with Gasteiger partial charge in [-0.3, -0.25) is 0 Å². The molecule has 0 amide bonds. The lowest BCUT2D eigenvalue weighted by Crippen LogP contribution is -2.02. The van der Waals surface area contributed by atoms with E-state index < -0.39 is 15.0 Å². The Morgan fingerprint density at radius 1 is 1.25 bits per heavy atom. The van der Waals surface area contributed by atoms with Crippen molar-refractivity contribution in [2.24, 2.45) is 0 Å². The van der Waals surface area contributed by atoms with E-state index in [1.54, 1.807) is 12.1 Å². The molecule has 0 heterocycles. The SMILES string of the molecule is O=S(=O)(CCl)c1ccccc1Cl. The zero-order valence-corrected chi connectivity index (χ0v) is 8.33. The lowest BCUT2D eigenvalue weighted by molar-refractivity contribution is 0.600. The van der Waals surface area contributed by atoms with Gasteiger partial charge < -0.3 is 0 Å². The van der Waals surface area contributed by atoms with Crippen molar-refractivity contribution in [3.63, 3.8) is 0 Å². The van der Waals surface area contributed by atoms with Crippen molar-refractivity contribution in [2.75, 3.05) is 5.21 Å². The fourth-order valence-electron chi connectivity index (χ4n) is 0.756. The van der Waals surface area contributed by atoms with E-state index in [9.17, 15) is 8.42 Å². The third-order valence-electron chi connectivity index (χ3n) is 1.32. The molecule has 1 aromatic rings. The maximum absolute atomic E-state index is 11.2. The molecule has 0 fully saturated rings. The van der Waals surface area contributed by atoms with Crippen LogP contribution in [0.5, 0.6) is 0 Å². The molecule has 1 rings (SSSR count). The van der Waals surface area contributed by atoms with Crippen molar-refractivity contribution >= 4 is 33.0 Å². The van der Waals surface area contributed by atoms with E-state index in [0.717, 1.165) is 0 Å². The maximum atomic E-state index is 11.2. The molecule has 0 aliphatic heterocycles. The van der Waals surface area contributed by atoms with E-state index in [4.69, 9.17) is 23.2 Å². The molecule has 0 bridgehead atoms. The summed E-state index contributed by atoms with van der Waals surface area (Å²) in [5, 5.41) is -0.241. The molecule has 5 heteroatoms. The lowest BCUT2D eigenvalue weighted by Gasteiger charge is -2.01.